The Morgan fingerprint density at radius 2 is 2.19 bits per heavy atom. The van der Waals surface area contributed by atoms with Crippen molar-refractivity contribution in [2.24, 2.45) is 7.05 Å². The molecule has 1 fully saturated rings. The summed E-state index contributed by atoms with van der Waals surface area (Å²) in [5, 5.41) is 8.84. The lowest BCUT2D eigenvalue weighted by molar-refractivity contribution is -0.0834. The fraction of sp³-hybridized carbons (Fsp3) is 0.812. The second kappa shape index (κ2) is 7.12. The molecule has 1 saturated carbocycles. The van der Waals surface area contributed by atoms with Crippen LogP contribution in [0, 0.1) is 6.92 Å². The summed E-state index contributed by atoms with van der Waals surface area (Å²) in [5.41, 5.74) is 2.28. The van der Waals surface area contributed by atoms with E-state index in [0.29, 0.717) is 6.04 Å². The third-order valence-electron chi connectivity index (χ3n) is 4.72. The Bertz CT molecular complexity index is 463. The first-order chi connectivity index (χ1) is 10.0. The highest BCUT2D eigenvalue weighted by atomic mass is 35.5. The number of aromatic nitrogens is 2. The summed E-state index contributed by atoms with van der Waals surface area (Å²) < 4.78 is 7.56. The molecule has 0 radical (unpaired) electrons. The Labute approximate surface area is 133 Å². The zero-order valence-electron chi connectivity index (χ0n) is 13.7. The first kappa shape index (κ1) is 16.8. The van der Waals surface area contributed by atoms with E-state index in [4.69, 9.17) is 16.3 Å². The van der Waals surface area contributed by atoms with E-state index >= 15 is 0 Å². The molecule has 1 atom stereocenters. The molecular formula is C16H28ClN3O. The lowest BCUT2D eigenvalue weighted by atomic mass is 9.75. The van der Waals surface area contributed by atoms with Gasteiger partial charge in [0.05, 0.1) is 11.3 Å². The van der Waals surface area contributed by atoms with Crippen molar-refractivity contribution in [2.75, 3.05) is 13.7 Å². The molecule has 5 heteroatoms. The molecule has 2 rings (SSSR count). The van der Waals surface area contributed by atoms with Crippen molar-refractivity contribution < 1.29 is 4.74 Å². The maximum Gasteiger partial charge on any atom is 0.130 e. The summed E-state index contributed by atoms with van der Waals surface area (Å²) in [6, 6.07) is 0.394. The summed E-state index contributed by atoms with van der Waals surface area (Å²) in [5.74, 6) is 0. The van der Waals surface area contributed by atoms with Gasteiger partial charge in [-0.3, -0.25) is 4.68 Å². The molecule has 0 spiro atoms. The summed E-state index contributed by atoms with van der Waals surface area (Å²) in [7, 11) is 3.74. The molecule has 120 valence electrons. The highest BCUT2D eigenvalue weighted by Gasteiger charge is 2.39. The summed E-state index contributed by atoms with van der Waals surface area (Å²) >= 11 is 6.39. The van der Waals surface area contributed by atoms with Gasteiger partial charge in [-0.05, 0) is 52.0 Å². The maximum absolute atomic E-state index is 6.39. The van der Waals surface area contributed by atoms with Crippen LogP contribution < -0.4 is 5.32 Å². The van der Waals surface area contributed by atoms with Crippen LogP contribution in [0.15, 0.2) is 0 Å². The molecule has 0 saturated heterocycles. The second-order valence-electron chi connectivity index (χ2n) is 6.28. The van der Waals surface area contributed by atoms with Crippen LogP contribution in [-0.4, -0.2) is 35.1 Å². The standard InChI is InChI=1S/C16H28ClN3O/c1-5-9-18-13(11-16(21-4)7-6-8-16)10-14-12(2)19-20(3)15(14)17/h13,18H,5-11H2,1-4H3. The van der Waals surface area contributed by atoms with E-state index in [1.165, 1.54) is 24.8 Å². The van der Waals surface area contributed by atoms with Crippen molar-refractivity contribution in [1.82, 2.24) is 15.1 Å². The van der Waals surface area contributed by atoms with Crippen LogP contribution in [0.25, 0.3) is 0 Å². The summed E-state index contributed by atoms with van der Waals surface area (Å²) in [4.78, 5) is 0. The Balaban J connectivity index is 2.08. The Morgan fingerprint density at radius 1 is 1.48 bits per heavy atom. The van der Waals surface area contributed by atoms with Gasteiger partial charge in [-0.1, -0.05) is 18.5 Å². The third kappa shape index (κ3) is 3.79. The van der Waals surface area contributed by atoms with Gasteiger partial charge in [-0.2, -0.15) is 5.10 Å². The van der Waals surface area contributed by atoms with Crippen LogP contribution in [0.5, 0.6) is 0 Å². The van der Waals surface area contributed by atoms with Crippen molar-refractivity contribution in [3.8, 4) is 0 Å². The van der Waals surface area contributed by atoms with Crippen LogP contribution in [-0.2, 0) is 18.2 Å². The van der Waals surface area contributed by atoms with Gasteiger partial charge in [-0.25, -0.2) is 0 Å². The minimum Gasteiger partial charge on any atom is -0.378 e. The number of nitrogens with zero attached hydrogens (tertiary/aromatic N) is 2. The molecule has 1 aliphatic rings. The quantitative estimate of drug-likeness (QED) is 0.800. The monoisotopic (exact) mass is 313 g/mol. The molecule has 1 aromatic rings. The van der Waals surface area contributed by atoms with Gasteiger partial charge in [-0.15, -0.1) is 0 Å². The molecule has 21 heavy (non-hydrogen) atoms. The van der Waals surface area contributed by atoms with E-state index in [1.54, 1.807) is 4.68 Å². The lowest BCUT2D eigenvalue weighted by Gasteiger charge is -2.43. The highest BCUT2D eigenvalue weighted by Crippen LogP contribution is 2.39. The normalized spacial score (nSPS) is 18.5. The molecule has 1 N–H and O–H groups in total. The predicted octanol–water partition coefficient (Wildman–Crippen LogP) is 3.25. The summed E-state index contributed by atoms with van der Waals surface area (Å²) in [6.07, 6.45) is 6.73. The van der Waals surface area contributed by atoms with Gasteiger partial charge < -0.3 is 10.1 Å². The van der Waals surface area contributed by atoms with Crippen molar-refractivity contribution in [2.45, 2.75) is 64.0 Å². The molecule has 1 aromatic heterocycles. The van der Waals surface area contributed by atoms with E-state index in [0.717, 1.165) is 36.7 Å². The number of aryl methyl sites for hydroxylation is 2. The minimum atomic E-state index is 0.0774. The van der Waals surface area contributed by atoms with Gasteiger partial charge in [0.1, 0.15) is 5.15 Å². The van der Waals surface area contributed by atoms with Crippen molar-refractivity contribution in [1.29, 1.82) is 0 Å². The van der Waals surface area contributed by atoms with Crippen LogP contribution in [0.4, 0.5) is 0 Å². The lowest BCUT2D eigenvalue weighted by Crippen LogP contribution is -2.46. The Kier molecular flexibility index (Phi) is 5.69. The third-order valence-corrected chi connectivity index (χ3v) is 5.19. The van der Waals surface area contributed by atoms with E-state index in [1.807, 2.05) is 21.1 Å². The molecule has 0 aliphatic heterocycles. The average Bonchev–Trinajstić information content (AvgIpc) is 2.66. The number of halogens is 1. The smallest absolute Gasteiger partial charge is 0.130 e. The highest BCUT2D eigenvalue weighted by molar-refractivity contribution is 6.30. The van der Waals surface area contributed by atoms with Crippen LogP contribution in [0.2, 0.25) is 5.15 Å². The molecule has 0 aromatic carbocycles. The zero-order chi connectivity index (χ0) is 15.5. The second-order valence-corrected chi connectivity index (χ2v) is 6.64. The molecule has 0 amide bonds. The number of hydrogen-bond donors (Lipinski definition) is 1. The summed E-state index contributed by atoms with van der Waals surface area (Å²) in [6.45, 7) is 5.26. The van der Waals surface area contributed by atoms with E-state index in [2.05, 4.69) is 17.3 Å². The molecule has 1 aliphatic carbocycles. The van der Waals surface area contributed by atoms with Gasteiger partial charge in [0.25, 0.3) is 0 Å². The molecule has 1 heterocycles. The van der Waals surface area contributed by atoms with Crippen molar-refractivity contribution in [3.63, 3.8) is 0 Å². The molecular weight excluding hydrogens is 286 g/mol. The topological polar surface area (TPSA) is 39.1 Å². The largest absolute Gasteiger partial charge is 0.378 e. The molecule has 1 unspecified atom stereocenters. The first-order valence-corrected chi connectivity index (χ1v) is 8.35. The predicted molar refractivity (Wildman–Crippen MR) is 86.9 cm³/mol. The van der Waals surface area contributed by atoms with E-state index < -0.39 is 0 Å². The fourth-order valence-corrected chi connectivity index (χ4v) is 3.48. The first-order valence-electron chi connectivity index (χ1n) is 7.98. The van der Waals surface area contributed by atoms with Gasteiger partial charge in [0.2, 0.25) is 0 Å². The SMILES string of the molecule is CCCNC(Cc1c(C)nn(C)c1Cl)CC1(OC)CCC1. The fourth-order valence-electron chi connectivity index (χ4n) is 3.23. The number of methoxy groups -OCH3 is 1. The van der Waals surface area contributed by atoms with Crippen LogP contribution in [0.1, 0.15) is 50.3 Å². The maximum atomic E-state index is 6.39. The molecule has 0 bridgehead atoms. The number of ether oxygens (including phenoxy) is 1. The average molecular weight is 314 g/mol. The van der Waals surface area contributed by atoms with E-state index in [9.17, 15) is 0 Å². The number of nitrogens with one attached hydrogen (secondary N) is 1. The van der Waals surface area contributed by atoms with E-state index in [-0.39, 0.29) is 5.60 Å². The Morgan fingerprint density at radius 3 is 2.62 bits per heavy atom. The minimum absolute atomic E-state index is 0.0774. The Hall–Kier alpha value is -0.580. The van der Waals surface area contributed by atoms with Gasteiger partial charge in [0, 0.05) is 25.8 Å². The van der Waals surface area contributed by atoms with Gasteiger partial charge >= 0.3 is 0 Å². The number of hydrogen-bond acceptors (Lipinski definition) is 3. The van der Waals surface area contributed by atoms with Gasteiger partial charge in [0.15, 0.2) is 0 Å². The molecule has 4 nitrogen and oxygen atoms in total. The van der Waals surface area contributed by atoms with Crippen molar-refractivity contribution in [3.05, 3.63) is 16.4 Å². The van der Waals surface area contributed by atoms with Crippen LogP contribution >= 0.6 is 11.6 Å². The van der Waals surface area contributed by atoms with Crippen LogP contribution in [0.3, 0.4) is 0 Å². The van der Waals surface area contributed by atoms with Crippen molar-refractivity contribution >= 4 is 11.6 Å². The zero-order valence-corrected chi connectivity index (χ0v) is 14.5. The number of rotatable bonds is 8.